The largest absolute Gasteiger partial charge is 0.446 e. The van der Waals surface area contributed by atoms with E-state index in [1.807, 2.05) is 37.3 Å². The lowest BCUT2D eigenvalue weighted by Crippen LogP contribution is -2.43. The maximum absolute atomic E-state index is 12.3. The van der Waals surface area contributed by atoms with Crippen LogP contribution in [-0.4, -0.2) is 28.6 Å². The highest BCUT2D eigenvalue weighted by molar-refractivity contribution is 6.30. The molecule has 2 aromatic rings. The van der Waals surface area contributed by atoms with E-state index in [1.165, 1.54) is 0 Å². The second-order valence-electron chi connectivity index (χ2n) is 6.20. The smallest absolute Gasteiger partial charge is 0.410 e. The van der Waals surface area contributed by atoms with Crippen molar-refractivity contribution in [3.8, 4) is 11.1 Å². The van der Waals surface area contributed by atoms with Crippen LogP contribution in [0.3, 0.4) is 0 Å². The number of benzene rings is 1. The van der Waals surface area contributed by atoms with Crippen LogP contribution in [0.1, 0.15) is 31.4 Å². The van der Waals surface area contributed by atoms with Crippen molar-refractivity contribution in [1.29, 1.82) is 0 Å². The fourth-order valence-electron chi connectivity index (χ4n) is 3.05. The number of nitrogens with zero attached hydrogens (tertiary/aromatic N) is 2. The second kappa shape index (κ2) is 7.70. The molecule has 1 aromatic carbocycles. The van der Waals surface area contributed by atoms with Gasteiger partial charge in [-0.1, -0.05) is 41.9 Å². The van der Waals surface area contributed by atoms with Crippen LogP contribution in [0.2, 0.25) is 5.02 Å². The normalized spacial score (nSPS) is 18.6. The molecule has 2 heterocycles. The van der Waals surface area contributed by atoms with Crippen LogP contribution >= 0.6 is 11.6 Å². The Morgan fingerprint density at radius 1 is 1.36 bits per heavy atom. The number of ether oxygens (including phenoxy) is 1. The lowest BCUT2D eigenvalue weighted by atomic mass is 10.0. The Labute approximate surface area is 153 Å². The average Bonchev–Trinajstić information content (AvgIpc) is 2.62. The molecule has 0 radical (unpaired) electrons. The summed E-state index contributed by atoms with van der Waals surface area (Å²) in [5.41, 5.74) is 3.08. The van der Waals surface area contributed by atoms with Crippen molar-refractivity contribution < 1.29 is 9.53 Å². The molecule has 1 amide bonds. The van der Waals surface area contributed by atoms with Crippen LogP contribution in [0.4, 0.5) is 4.79 Å². The first-order valence-corrected chi connectivity index (χ1v) is 8.75. The van der Waals surface area contributed by atoms with E-state index in [0.29, 0.717) is 18.0 Å². The lowest BCUT2D eigenvalue weighted by Gasteiger charge is -2.35. The first kappa shape index (κ1) is 17.5. The Balaban J connectivity index is 1.72. The third-order valence-electron chi connectivity index (χ3n) is 4.52. The van der Waals surface area contributed by atoms with Gasteiger partial charge in [-0.2, -0.15) is 0 Å². The average molecular weight is 357 g/mol. The number of pyridine rings is 1. The summed E-state index contributed by atoms with van der Waals surface area (Å²) in [5.74, 6) is 0. The van der Waals surface area contributed by atoms with Gasteiger partial charge in [0.25, 0.3) is 0 Å². The lowest BCUT2D eigenvalue weighted by molar-refractivity contribution is 0.0146. The van der Waals surface area contributed by atoms with Gasteiger partial charge in [0, 0.05) is 37.3 Å². The molecule has 0 spiro atoms. The molecule has 2 atom stereocenters. The number of hydrogen-bond donors (Lipinski definition) is 0. The minimum Gasteiger partial charge on any atom is -0.446 e. The molecule has 1 aliphatic rings. The SMILES string of the molecule is C=CCC1CCN(C(C)c2ccc(-c3cncc(Cl)c3)cc2)C(=O)O1. The van der Waals surface area contributed by atoms with Gasteiger partial charge in [0.05, 0.1) is 11.1 Å². The first-order valence-electron chi connectivity index (χ1n) is 8.37. The fourth-order valence-corrected chi connectivity index (χ4v) is 3.22. The third kappa shape index (κ3) is 4.02. The molecule has 0 bridgehead atoms. The zero-order valence-electron chi connectivity index (χ0n) is 14.2. The maximum atomic E-state index is 12.3. The summed E-state index contributed by atoms with van der Waals surface area (Å²) in [4.78, 5) is 18.2. The molecular weight excluding hydrogens is 336 g/mol. The van der Waals surface area contributed by atoms with E-state index in [4.69, 9.17) is 16.3 Å². The van der Waals surface area contributed by atoms with Crippen LogP contribution in [0.5, 0.6) is 0 Å². The molecule has 4 nitrogen and oxygen atoms in total. The van der Waals surface area contributed by atoms with Gasteiger partial charge in [-0.3, -0.25) is 4.98 Å². The molecule has 1 aromatic heterocycles. The summed E-state index contributed by atoms with van der Waals surface area (Å²) in [7, 11) is 0. The molecule has 0 N–H and O–H groups in total. The van der Waals surface area contributed by atoms with Crippen molar-refractivity contribution in [2.24, 2.45) is 0 Å². The number of amides is 1. The maximum Gasteiger partial charge on any atom is 0.410 e. The van der Waals surface area contributed by atoms with Gasteiger partial charge in [0.2, 0.25) is 0 Å². The van der Waals surface area contributed by atoms with Gasteiger partial charge < -0.3 is 9.64 Å². The van der Waals surface area contributed by atoms with E-state index in [2.05, 4.69) is 11.6 Å². The zero-order valence-corrected chi connectivity index (χ0v) is 14.9. The topological polar surface area (TPSA) is 42.4 Å². The van der Waals surface area contributed by atoms with Crippen molar-refractivity contribution in [3.05, 3.63) is 66.0 Å². The van der Waals surface area contributed by atoms with Crippen molar-refractivity contribution >= 4 is 17.7 Å². The molecule has 1 fully saturated rings. The Hall–Kier alpha value is -2.33. The summed E-state index contributed by atoms with van der Waals surface area (Å²) in [6.45, 7) is 6.41. The van der Waals surface area contributed by atoms with E-state index in [1.54, 1.807) is 23.4 Å². The molecular formula is C20H21ClN2O2. The molecule has 25 heavy (non-hydrogen) atoms. The Morgan fingerprint density at radius 2 is 2.12 bits per heavy atom. The van der Waals surface area contributed by atoms with Crippen molar-refractivity contribution in [1.82, 2.24) is 9.88 Å². The summed E-state index contributed by atoms with van der Waals surface area (Å²) < 4.78 is 5.48. The van der Waals surface area contributed by atoms with Gasteiger partial charge in [0.1, 0.15) is 6.10 Å². The van der Waals surface area contributed by atoms with E-state index < -0.39 is 0 Å². The zero-order chi connectivity index (χ0) is 17.8. The summed E-state index contributed by atoms with van der Waals surface area (Å²) in [6.07, 6.45) is 6.42. The molecule has 1 saturated heterocycles. The highest BCUT2D eigenvalue weighted by atomic mass is 35.5. The van der Waals surface area contributed by atoms with E-state index >= 15 is 0 Å². The van der Waals surface area contributed by atoms with E-state index in [0.717, 1.165) is 23.1 Å². The van der Waals surface area contributed by atoms with E-state index in [9.17, 15) is 4.79 Å². The van der Waals surface area contributed by atoms with Gasteiger partial charge >= 0.3 is 6.09 Å². The number of halogens is 1. The summed E-state index contributed by atoms with van der Waals surface area (Å²) in [5, 5.41) is 0.611. The van der Waals surface area contributed by atoms with Crippen molar-refractivity contribution in [2.45, 2.75) is 31.9 Å². The highest BCUT2D eigenvalue weighted by Crippen LogP contribution is 2.28. The third-order valence-corrected chi connectivity index (χ3v) is 4.73. The molecule has 2 unspecified atom stereocenters. The minimum absolute atomic E-state index is 0.0382. The predicted octanol–water partition coefficient (Wildman–Crippen LogP) is 5.25. The first-order chi connectivity index (χ1) is 12.1. The molecule has 1 aliphatic heterocycles. The Bertz CT molecular complexity index is 761. The van der Waals surface area contributed by atoms with Crippen LogP contribution in [0, 0.1) is 0 Å². The number of rotatable bonds is 5. The Morgan fingerprint density at radius 3 is 2.76 bits per heavy atom. The molecule has 3 rings (SSSR count). The molecule has 0 aliphatic carbocycles. The van der Waals surface area contributed by atoms with E-state index in [-0.39, 0.29) is 18.2 Å². The van der Waals surface area contributed by atoms with Gasteiger partial charge in [-0.25, -0.2) is 4.79 Å². The van der Waals surface area contributed by atoms with Gasteiger partial charge in [-0.15, -0.1) is 6.58 Å². The standard InChI is InChI=1S/C20H21ClN2O2/c1-3-4-19-9-10-23(20(24)25-19)14(2)15-5-7-16(8-6-15)17-11-18(21)13-22-12-17/h3,5-8,11-14,19H,1,4,9-10H2,2H3. The Kier molecular flexibility index (Phi) is 5.39. The number of carbonyl (C=O) groups is 1. The summed E-state index contributed by atoms with van der Waals surface area (Å²) in [6, 6.07) is 9.95. The quantitative estimate of drug-likeness (QED) is 0.687. The van der Waals surface area contributed by atoms with Gasteiger partial charge in [0.15, 0.2) is 0 Å². The van der Waals surface area contributed by atoms with Crippen molar-refractivity contribution in [3.63, 3.8) is 0 Å². The van der Waals surface area contributed by atoms with Crippen LogP contribution in [0.25, 0.3) is 11.1 Å². The van der Waals surface area contributed by atoms with Gasteiger partial charge in [-0.05, 0) is 24.1 Å². The fraction of sp³-hybridized carbons (Fsp3) is 0.300. The predicted molar refractivity (Wildman–Crippen MR) is 99.5 cm³/mol. The van der Waals surface area contributed by atoms with Crippen LogP contribution in [-0.2, 0) is 4.74 Å². The summed E-state index contributed by atoms with van der Waals surface area (Å²) >= 11 is 6.00. The number of carbonyl (C=O) groups excluding carboxylic acids is 1. The number of cyclic esters (lactones) is 1. The van der Waals surface area contributed by atoms with Crippen LogP contribution in [0.15, 0.2) is 55.4 Å². The monoisotopic (exact) mass is 356 g/mol. The second-order valence-corrected chi connectivity index (χ2v) is 6.64. The minimum atomic E-state index is -0.256. The number of aromatic nitrogens is 1. The van der Waals surface area contributed by atoms with Crippen LogP contribution < -0.4 is 0 Å². The number of hydrogen-bond acceptors (Lipinski definition) is 3. The highest BCUT2D eigenvalue weighted by Gasteiger charge is 2.30. The molecule has 130 valence electrons. The van der Waals surface area contributed by atoms with Crippen molar-refractivity contribution in [2.75, 3.05) is 6.54 Å². The molecule has 5 heteroatoms. The molecule has 0 saturated carbocycles.